The van der Waals surface area contributed by atoms with Crippen LogP contribution in [-0.4, -0.2) is 27.5 Å². The van der Waals surface area contributed by atoms with Gasteiger partial charge in [0.15, 0.2) is 0 Å². The van der Waals surface area contributed by atoms with Crippen LogP contribution in [0.4, 0.5) is 13.2 Å². The number of hydrogen-bond donors (Lipinski definition) is 2. The molecule has 1 heterocycles. The molecule has 0 saturated heterocycles. The van der Waals surface area contributed by atoms with Crippen LogP contribution in [-0.2, 0) is 12.7 Å². The molecule has 0 unspecified atom stereocenters. The summed E-state index contributed by atoms with van der Waals surface area (Å²) in [6.45, 7) is 2.85. The molecule has 120 valence electrons. The highest BCUT2D eigenvalue weighted by atomic mass is 19.4. The van der Waals surface area contributed by atoms with Crippen molar-refractivity contribution in [3.63, 3.8) is 0 Å². The van der Waals surface area contributed by atoms with Gasteiger partial charge in [-0.15, -0.1) is 0 Å². The van der Waals surface area contributed by atoms with Crippen molar-refractivity contribution in [2.45, 2.75) is 31.8 Å². The quantitative estimate of drug-likeness (QED) is 0.862. The molecule has 7 heteroatoms. The molecular formula is C15H18F3N3O. The molecule has 2 rings (SSSR count). The lowest BCUT2D eigenvalue weighted by Crippen LogP contribution is -2.33. The predicted molar refractivity (Wildman–Crippen MR) is 76.1 cm³/mol. The Labute approximate surface area is 126 Å². The van der Waals surface area contributed by atoms with E-state index in [1.54, 1.807) is 10.9 Å². The second-order valence-electron chi connectivity index (χ2n) is 5.17. The van der Waals surface area contributed by atoms with Crippen molar-refractivity contribution >= 4 is 0 Å². The van der Waals surface area contributed by atoms with Gasteiger partial charge >= 0.3 is 6.18 Å². The maximum absolute atomic E-state index is 12.5. The van der Waals surface area contributed by atoms with E-state index in [9.17, 15) is 18.3 Å². The molecule has 0 spiro atoms. The Balaban J connectivity index is 1.85. The molecule has 0 bridgehead atoms. The van der Waals surface area contributed by atoms with Crippen LogP contribution < -0.4 is 5.32 Å². The van der Waals surface area contributed by atoms with Gasteiger partial charge in [-0.05, 0) is 30.7 Å². The van der Waals surface area contributed by atoms with E-state index in [1.807, 2.05) is 19.2 Å². The smallest absolute Gasteiger partial charge is 0.387 e. The lowest BCUT2D eigenvalue weighted by molar-refractivity contribution is -0.137. The van der Waals surface area contributed by atoms with Crippen molar-refractivity contribution in [2.75, 3.05) is 6.54 Å². The molecule has 1 aromatic heterocycles. The second-order valence-corrected chi connectivity index (χ2v) is 5.17. The lowest BCUT2D eigenvalue weighted by atomic mass is 10.1. The maximum Gasteiger partial charge on any atom is 0.416 e. The predicted octanol–water partition coefficient (Wildman–Crippen LogP) is 2.61. The number of rotatable bonds is 6. The normalized spacial score (nSPS) is 14.8. The highest BCUT2D eigenvalue weighted by Gasteiger charge is 2.30. The molecule has 0 fully saturated rings. The van der Waals surface area contributed by atoms with Crippen molar-refractivity contribution < 1.29 is 18.3 Å². The van der Waals surface area contributed by atoms with Gasteiger partial charge in [0.1, 0.15) is 0 Å². The van der Waals surface area contributed by atoms with Gasteiger partial charge in [-0.3, -0.25) is 4.68 Å². The van der Waals surface area contributed by atoms with E-state index < -0.39 is 17.8 Å². The third-order valence-corrected chi connectivity index (χ3v) is 3.30. The summed E-state index contributed by atoms with van der Waals surface area (Å²) in [7, 11) is 0. The first kappa shape index (κ1) is 16.5. The zero-order chi connectivity index (χ0) is 16.2. The zero-order valence-corrected chi connectivity index (χ0v) is 12.1. The molecule has 0 aliphatic heterocycles. The largest absolute Gasteiger partial charge is 0.416 e. The van der Waals surface area contributed by atoms with Crippen LogP contribution in [0.1, 0.15) is 24.2 Å². The number of nitrogens with one attached hydrogen (secondary N) is 1. The van der Waals surface area contributed by atoms with E-state index >= 15 is 0 Å². The highest BCUT2D eigenvalue weighted by Crippen LogP contribution is 2.29. The number of aliphatic hydroxyl groups is 1. The van der Waals surface area contributed by atoms with Crippen molar-refractivity contribution in [3.8, 4) is 0 Å². The van der Waals surface area contributed by atoms with Crippen molar-refractivity contribution in [1.82, 2.24) is 15.1 Å². The topological polar surface area (TPSA) is 50.1 Å². The Morgan fingerprint density at radius 1 is 1.27 bits per heavy atom. The zero-order valence-electron chi connectivity index (χ0n) is 12.1. The summed E-state index contributed by atoms with van der Waals surface area (Å²) in [6, 6.07) is 6.45. The van der Waals surface area contributed by atoms with Gasteiger partial charge in [0.05, 0.1) is 18.2 Å². The van der Waals surface area contributed by atoms with E-state index in [0.717, 1.165) is 12.1 Å². The first-order valence-electron chi connectivity index (χ1n) is 6.92. The Bertz CT molecular complexity index is 567. The minimum Gasteiger partial charge on any atom is -0.387 e. The lowest BCUT2D eigenvalue weighted by Gasteiger charge is -2.18. The van der Waals surface area contributed by atoms with Crippen LogP contribution in [0.2, 0.25) is 0 Å². The van der Waals surface area contributed by atoms with E-state index in [-0.39, 0.29) is 12.6 Å². The second kappa shape index (κ2) is 6.93. The highest BCUT2D eigenvalue weighted by molar-refractivity contribution is 5.26. The van der Waals surface area contributed by atoms with Gasteiger partial charge in [0, 0.05) is 25.0 Å². The third kappa shape index (κ3) is 4.57. The van der Waals surface area contributed by atoms with Gasteiger partial charge in [0.25, 0.3) is 0 Å². The fourth-order valence-corrected chi connectivity index (χ4v) is 2.08. The number of benzene rings is 1. The Kier molecular flexibility index (Phi) is 5.20. The Morgan fingerprint density at radius 3 is 2.50 bits per heavy atom. The number of aromatic nitrogens is 2. The first-order valence-corrected chi connectivity index (χ1v) is 6.92. The van der Waals surface area contributed by atoms with Crippen molar-refractivity contribution in [3.05, 3.63) is 53.9 Å². The minimum absolute atomic E-state index is 0.0731. The summed E-state index contributed by atoms with van der Waals surface area (Å²) >= 11 is 0. The van der Waals surface area contributed by atoms with Gasteiger partial charge in [-0.2, -0.15) is 18.3 Å². The SMILES string of the molecule is C[C@H](Cn1cccn1)NC[C@@H](O)c1ccc(C(F)(F)F)cc1. The van der Waals surface area contributed by atoms with Crippen LogP contribution in [0.3, 0.4) is 0 Å². The number of nitrogens with zero attached hydrogens (tertiary/aromatic N) is 2. The average Bonchev–Trinajstić information content (AvgIpc) is 2.97. The standard InChI is InChI=1S/C15H18F3N3O/c1-11(10-21-8-2-7-20-21)19-9-14(22)12-3-5-13(6-4-12)15(16,17)18/h2-8,11,14,19,22H,9-10H2,1H3/t11-,14-/m1/s1. The van der Waals surface area contributed by atoms with Crippen LogP contribution in [0.5, 0.6) is 0 Å². The Morgan fingerprint density at radius 2 is 1.95 bits per heavy atom. The first-order chi connectivity index (χ1) is 10.4. The van der Waals surface area contributed by atoms with Gasteiger partial charge in [-0.1, -0.05) is 12.1 Å². The minimum atomic E-state index is -4.36. The molecule has 0 aliphatic rings. The molecule has 0 radical (unpaired) electrons. The van der Waals surface area contributed by atoms with Crippen LogP contribution in [0.15, 0.2) is 42.7 Å². The molecule has 2 atom stereocenters. The van der Waals surface area contributed by atoms with E-state index in [0.29, 0.717) is 12.1 Å². The number of aliphatic hydroxyl groups excluding tert-OH is 1. The average molecular weight is 313 g/mol. The molecule has 1 aromatic carbocycles. The molecule has 0 aliphatic carbocycles. The number of halogens is 3. The Hall–Kier alpha value is -1.86. The van der Waals surface area contributed by atoms with E-state index in [1.165, 1.54) is 12.1 Å². The summed E-state index contributed by atoms with van der Waals surface area (Å²) in [6.07, 6.45) is -1.70. The van der Waals surface area contributed by atoms with Gasteiger partial charge < -0.3 is 10.4 Å². The van der Waals surface area contributed by atoms with Crippen molar-refractivity contribution in [2.24, 2.45) is 0 Å². The fraction of sp³-hybridized carbons (Fsp3) is 0.400. The molecule has 0 amide bonds. The van der Waals surface area contributed by atoms with Crippen LogP contribution in [0, 0.1) is 0 Å². The fourth-order valence-electron chi connectivity index (χ4n) is 2.08. The van der Waals surface area contributed by atoms with Crippen LogP contribution >= 0.6 is 0 Å². The monoisotopic (exact) mass is 313 g/mol. The van der Waals surface area contributed by atoms with Gasteiger partial charge in [0.2, 0.25) is 0 Å². The summed E-state index contributed by atoms with van der Waals surface area (Å²) in [5.74, 6) is 0. The summed E-state index contributed by atoms with van der Waals surface area (Å²) in [4.78, 5) is 0. The van der Waals surface area contributed by atoms with Crippen molar-refractivity contribution in [1.29, 1.82) is 0 Å². The molecule has 22 heavy (non-hydrogen) atoms. The van der Waals surface area contributed by atoms with E-state index in [4.69, 9.17) is 0 Å². The van der Waals surface area contributed by atoms with Gasteiger partial charge in [-0.25, -0.2) is 0 Å². The molecule has 2 aromatic rings. The molecule has 4 nitrogen and oxygen atoms in total. The molecule has 2 N–H and O–H groups in total. The summed E-state index contributed by atoms with van der Waals surface area (Å²) in [5.41, 5.74) is -0.268. The maximum atomic E-state index is 12.5. The third-order valence-electron chi connectivity index (χ3n) is 3.30. The summed E-state index contributed by atoms with van der Waals surface area (Å²) < 4.78 is 39.2. The summed E-state index contributed by atoms with van der Waals surface area (Å²) in [5, 5.41) is 17.2. The van der Waals surface area contributed by atoms with E-state index in [2.05, 4.69) is 10.4 Å². The molecule has 0 saturated carbocycles. The van der Waals surface area contributed by atoms with Crippen LogP contribution in [0.25, 0.3) is 0 Å². The number of alkyl halides is 3. The number of hydrogen-bond acceptors (Lipinski definition) is 3. The molecular weight excluding hydrogens is 295 g/mol.